The molecule has 1 rings (SSSR count). The molecule has 0 aliphatic heterocycles. The minimum absolute atomic E-state index is 0.144. The van der Waals surface area contributed by atoms with Crippen molar-refractivity contribution in [2.24, 2.45) is 5.92 Å². The fourth-order valence-electron chi connectivity index (χ4n) is 2.11. The summed E-state index contributed by atoms with van der Waals surface area (Å²) in [4.78, 5) is 22.8. The minimum Gasteiger partial charge on any atom is -0.493 e. The summed E-state index contributed by atoms with van der Waals surface area (Å²) in [5, 5.41) is 11.6. The normalized spacial score (nSPS) is 12.0. The lowest BCUT2D eigenvalue weighted by atomic mass is 10.0. The molecule has 5 nitrogen and oxygen atoms in total. The molecule has 0 heterocycles. The number of para-hydroxylation sites is 1. The Bertz CT molecular complexity index is 499. The van der Waals surface area contributed by atoms with E-state index >= 15 is 0 Å². The zero-order valence-electron chi connectivity index (χ0n) is 13.5. The van der Waals surface area contributed by atoms with Crippen molar-refractivity contribution < 1.29 is 19.4 Å². The van der Waals surface area contributed by atoms with Gasteiger partial charge in [0.1, 0.15) is 11.8 Å². The molecule has 0 aliphatic carbocycles. The molecule has 0 radical (unpaired) electrons. The maximum Gasteiger partial charge on any atom is 0.326 e. The standard InChI is InChI=1S/C17H25NO4/c1-4-13-8-5-6-9-14(13)22-11-7-10-15(19)18-16(12(2)3)17(20)21/h5-6,8-9,12,16H,4,7,10-11H2,1-3H3,(H,18,19)(H,20,21). The number of carbonyl (C=O) groups is 2. The molecule has 1 amide bonds. The number of carboxylic acid groups (broad SMARTS) is 1. The molecule has 0 saturated heterocycles. The van der Waals surface area contributed by atoms with Gasteiger partial charge in [0.05, 0.1) is 6.61 Å². The highest BCUT2D eigenvalue weighted by atomic mass is 16.5. The fourth-order valence-corrected chi connectivity index (χ4v) is 2.11. The van der Waals surface area contributed by atoms with Gasteiger partial charge < -0.3 is 15.2 Å². The van der Waals surface area contributed by atoms with E-state index in [1.54, 1.807) is 13.8 Å². The second-order valence-electron chi connectivity index (χ2n) is 5.54. The number of rotatable bonds is 9. The van der Waals surface area contributed by atoms with Gasteiger partial charge in [-0.15, -0.1) is 0 Å². The first-order valence-corrected chi connectivity index (χ1v) is 7.68. The van der Waals surface area contributed by atoms with E-state index in [9.17, 15) is 9.59 Å². The number of aliphatic carboxylic acids is 1. The summed E-state index contributed by atoms with van der Waals surface area (Å²) < 4.78 is 5.68. The zero-order chi connectivity index (χ0) is 16.5. The van der Waals surface area contributed by atoms with Crippen LogP contribution in [0.5, 0.6) is 5.75 Å². The van der Waals surface area contributed by atoms with Gasteiger partial charge in [-0.2, -0.15) is 0 Å². The lowest BCUT2D eigenvalue weighted by Crippen LogP contribution is -2.44. The summed E-state index contributed by atoms with van der Waals surface area (Å²) in [6, 6.07) is 6.98. The lowest BCUT2D eigenvalue weighted by Gasteiger charge is -2.17. The zero-order valence-corrected chi connectivity index (χ0v) is 13.5. The van der Waals surface area contributed by atoms with E-state index in [2.05, 4.69) is 12.2 Å². The number of hydrogen-bond acceptors (Lipinski definition) is 3. The van der Waals surface area contributed by atoms with Crippen LogP contribution in [0.15, 0.2) is 24.3 Å². The van der Waals surface area contributed by atoms with Crippen molar-refractivity contribution in [2.45, 2.75) is 46.1 Å². The Labute approximate surface area is 131 Å². The van der Waals surface area contributed by atoms with Crippen molar-refractivity contribution in [2.75, 3.05) is 6.61 Å². The summed E-state index contributed by atoms with van der Waals surface area (Å²) in [7, 11) is 0. The first kappa shape index (κ1) is 18.0. The van der Waals surface area contributed by atoms with Crippen LogP contribution in [0, 0.1) is 5.92 Å². The Kier molecular flexibility index (Phi) is 7.43. The number of nitrogens with one attached hydrogen (secondary N) is 1. The van der Waals surface area contributed by atoms with Gasteiger partial charge in [-0.3, -0.25) is 4.79 Å². The smallest absolute Gasteiger partial charge is 0.326 e. The van der Waals surface area contributed by atoms with E-state index in [0.29, 0.717) is 13.0 Å². The summed E-state index contributed by atoms with van der Waals surface area (Å²) in [6.07, 6.45) is 1.70. The molecular formula is C17H25NO4. The van der Waals surface area contributed by atoms with Crippen LogP contribution in [0.2, 0.25) is 0 Å². The lowest BCUT2D eigenvalue weighted by molar-refractivity contribution is -0.143. The van der Waals surface area contributed by atoms with Gasteiger partial charge in [-0.1, -0.05) is 39.0 Å². The minimum atomic E-state index is -1.00. The first-order chi connectivity index (χ1) is 10.5. The Morgan fingerprint density at radius 3 is 2.55 bits per heavy atom. The molecular weight excluding hydrogens is 282 g/mol. The van der Waals surface area contributed by atoms with Gasteiger partial charge in [-0.05, 0) is 30.4 Å². The van der Waals surface area contributed by atoms with Crippen LogP contribution in [0.4, 0.5) is 0 Å². The number of benzene rings is 1. The van der Waals surface area contributed by atoms with Crippen LogP contribution in [0.25, 0.3) is 0 Å². The van der Waals surface area contributed by atoms with E-state index in [-0.39, 0.29) is 18.2 Å². The van der Waals surface area contributed by atoms with E-state index in [0.717, 1.165) is 17.7 Å². The second kappa shape index (κ2) is 9.07. The van der Waals surface area contributed by atoms with Gasteiger partial charge >= 0.3 is 5.97 Å². The number of ether oxygens (including phenoxy) is 1. The average Bonchev–Trinajstić information content (AvgIpc) is 2.49. The largest absolute Gasteiger partial charge is 0.493 e. The van der Waals surface area contributed by atoms with Gasteiger partial charge in [0, 0.05) is 6.42 Å². The molecule has 1 atom stereocenters. The molecule has 1 aromatic carbocycles. The molecule has 0 aromatic heterocycles. The van der Waals surface area contributed by atoms with Gasteiger partial charge in [0.2, 0.25) is 5.91 Å². The average molecular weight is 307 g/mol. The second-order valence-corrected chi connectivity index (χ2v) is 5.54. The Morgan fingerprint density at radius 1 is 1.27 bits per heavy atom. The van der Waals surface area contributed by atoms with Crippen LogP contribution in [-0.4, -0.2) is 29.6 Å². The maximum absolute atomic E-state index is 11.8. The van der Waals surface area contributed by atoms with Crippen molar-refractivity contribution >= 4 is 11.9 Å². The summed E-state index contributed by atoms with van der Waals surface area (Å²) >= 11 is 0. The van der Waals surface area contributed by atoms with Crippen molar-refractivity contribution in [3.8, 4) is 5.75 Å². The predicted molar refractivity (Wildman–Crippen MR) is 85.0 cm³/mol. The van der Waals surface area contributed by atoms with Crippen molar-refractivity contribution in [1.82, 2.24) is 5.32 Å². The molecule has 122 valence electrons. The van der Waals surface area contributed by atoms with Crippen molar-refractivity contribution in [3.63, 3.8) is 0 Å². The molecule has 0 bridgehead atoms. The van der Waals surface area contributed by atoms with Crippen LogP contribution in [0.1, 0.15) is 39.2 Å². The topological polar surface area (TPSA) is 75.6 Å². The van der Waals surface area contributed by atoms with Crippen LogP contribution in [-0.2, 0) is 16.0 Å². The third kappa shape index (κ3) is 5.76. The Morgan fingerprint density at radius 2 is 1.95 bits per heavy atom. The molecule has 2 N–H and O–H groups in total. The number of carboxylic acids is 1. The van der Waals surface area contributed by atoms with E-state index in [4.69, 9.17) is 9.84 Å². The molecule has 0 saturated carbocycles. The van der Waals surface area contributed by atoms with Crippen molar-refractivity contribution in [3.05, 3.63) is 29.8 Å². The number of amides is 1. The monoisotopic (exact) mass is 307 g/mol. The third-order valence-corrected chi connectivity index (χ3v) is 3.41. The quantitative estimate of drug-likeness (QED) is 0.688. The molecule has 0 fully saturated rings. The van der Waals surface area contributed by atoms with E-state index in [1.807, 2.05) is 24.3 Å². The van der Waals surface area contributed by atoms with E-state index in [1.165, 1.54) is 0 Å². The van der Waals surface area contributed by atoms with Gasteiger partial charge in [0.15, 0.2) is 0 Å². The molecule has 1 unspecified atom stereocenters. The van der Waals surface area contributed by atoms with Crippen molar-refractivity contribution in [1.29, 1.82) is 0 Å². The van der Waals surface area contributed by atoms with Crippen LogP contribution in [0.3, 0.4) is 0 Å². The number of aryl methyl sites for hydroxylation is 1. The molecule has 0 spiro atoms. The van der Waals surface area contributed by atoms with Crippen LogP contribution < -0.4 is 10.1 Å². The molecule has 1 aromatic rings. The van der Waals surface area contributed by atoms with Crippen LogP contribution >= 0.6 is 0 Å². The predicted octanol–water partition coefficient (Wildman–Crippen LogP) is 2.63. The highest BCUT2D eigenvalue weighted by Gasteiger charge is 2.22. The Hall–Kier alpha value is -2.04. The SMILES string of the molecule is CCc1ccccc1OCCCC(=O)NC(C(=O)O)C(C)C. The maximum atomic E-state index is 11.8. The summed E-state index contributed by atoms with van der Waals surface area (Å²) in [5.74, 6) is -0.560. The molecule has 22 heavy (non-hydrogen) atoms. The summed E-state index contributed by atoms with van der Waals surface area (Å²) in [6.45, 7) is 6.03. The Balaban J connectivity index is 2.35. The molecule has 5 heteroatoms. The highest BCUT2D eigenvalue weighted by molar-refractivity contribution is 5.83. The fraction of sp³-hybridized carbons (Fsp3) is 0.529. The van der Waals surface area contributed by atoms with E-state index < -0.39 is 12.0 Å². The van der Waals surface area contributed by atoms with Gasteiger partial charge in [-0.25, -0.2) is 4.79 Å². The number of carbonyl (C=O) groups excluding carboxylic acids is 1. The summed E-state index contributed by atoms with van der Waals surface area (Å²) in [5.41, 5.74) is 1.14. The number of hydrogen-bond donors (Lipinski definition) is 2. The third-order valence-electron chi connectivity index (χ3n) is 3.41. The first-order valence-electron chi connectivity index (χ1n) is 7.68. The molecule has 0 aliphatic rings. The van der Waals surface area contributed by atoms with Gasteiger partial charge in [0.25, 0.3) is 0 Å². The highest BCUT2D eigenvalue weighted by Crippen LogP contribution is 2.18.